The lowest BCUT2D eigenvalue weighted by Crippen LogP contribution is -2.15. The second-order valence-electron chi connectivity index (χ2n) is 4.83. The number of benzene rings is 2. The fourth-order valence-corrected chi connectivity index (χ4v) is 2.49. The van der Waals surface area contributed by atoms with Crippen LogP contribution in [0.25, 0.3) is 0 Å². The standard InChI is InChI=1S/C18H13ClN4O2S/c1-25-17-7-2-13(19)8-16(17)23-18(24)12(9-20)10-22-14-3-5-15(6-4-14)26-11-21/h2-8,10,22H,1H3,(H,23,24)/b12-10-. The van der Waals surface area contributed by atoms with Crippen LogP contribution in [-0.4, -0.2) is 13.0 Å². The van der Waals surface area contributed by atoms with Gasteiger partial charge in [-0.2, -0.15) is 10.5 Å². The van der Waals surface area contributed by atoms with Crippen LogP contribution in [-0.2, 0) is 4.79 Å². The van der Waals surface area contributed by atoms with Crippen molar-refractivity contribution >= 4 is 40.6 Å². The van der Waals surface area contributed by atoms with Crippen LogP contribution in [0.4, 0.5) is 11.4 Å². The van der Waals surface area contributed by atoms with E-state index in [4.69, 9.17) is 21.6 Å². The largest absolute Gasteiger partial charge is 0.495 e. The molecule has 1 amide bonds. The number of carbonyl (C=O) groups excluding carboxylic acids is 1. The van der Waals surface area contributed by atoms with Gasteiger partial charge in [-0.3, -0.25) is 4.79 Å². The van der Waals surface area contributed by atoms with Crippen molar-refractivity contribution in [1.82, 2.24) is 0 Å². The molecule has 0 saturated carbocycles. The van der Waals surface area contributed by atoms with Gasteiger partial charge < -0.3 is 15.4 Å². The normalized spacial score (nSPS) is 10.4. The van der Waals surface area contributed by atoms with E-state index < -0.39 is 5.91 Å². The molecule has 0 atom stereocenters. The summed E-state index contributed by atoms with van der Waals surface area (Å²) in [7, 11) is 1.47. The van der Waals surface area contributed by atoms with Gasteiger partial charge in [0, 0.05) is 21.8 Å². The van der Waals surface area contributed by atoms with E-state index in [1.54, 1.807) is 36.4 Å². The van der Waals surface area contributed by atoms with Crippen molar-refractivity contribution in [3.63, 3.8) is 0 Å². The second-order valence-corrected chi connectivity index (χ2v) is 6.13. The van der Waals surface area contributed by atoms with Crippen molar-refractivity contribution in [2.24, 2.45) is 0 Å². The third kappa shape index (κ3) is 5.18. The average molecular weight is 385 g/mol. The molecule has 2 N–H and O–H groups in total. The number of hydrogen-bond acceptors (Lipinski definition) is 6. The van der Waals surface area contributed by atoms with E-state index in [1.165, 1.54) is 19.4 Å². The van der Waals surface area contributed by atoms with Gasteiger partial charge in [-0.15, -0.1) is 0 Å². The zero-order valence-electron chi connectivity index (χ0n) is 13.6. The Hall–Kier alpha value is -3.13. The molecule has 0 aliphatic heterocycles. The van der Waals surface area contributed by atoms with Crippen LogP contribution in [0.3, 0.4) is 0 Å². The Bertz CT molecular complexity index is 914. The number of nitrogens with one attached hydrogen (secondary N) is 2. The first kappa shape index (κ1) is 19.2. The lowest BCUT2D eigenvalue weighted by molar-refractivity contribution is -0.112. The molecule has 0 aliphatic carbocycles. The molecule has 2 aromatic rings. The minimum absolute atomic E-state index is 0.123. The fraction of sp³-hybridized carbons (Fsp3) is 0.0556. The van der Waals surface area contributed by atoms with E-state index >= 15 is 0 Å². The highest BCUT2D eigenvalue weighted by Crippen LogP contribution is 2.28. The van der Waals surface area contributed by atoms with Gasteiger partial charge in [-0.1, -0.05) is 11.6 Å². The van der Waals surface area contributed by atoms with Gasteiger partial charge in [-0.05, 0) is 54.2 Å². The van der Waals surface area contributed by atoms with Gasteiger partial charge in [0.05, 0.1) is 12.8 Å². The molecule has 130 valence electrons. The van der Waals surface area contributed by atoms with Gasteiger partial charge in [0.2, 0.25) is 0 Å². The number of thioether (sulfide) groups is 1. The van der Waals surface area contributed by atoms with Crippen molar-refractivity contribution in [3.05, 3.63) is 59.3 Å². The Morgan fingerprint density at radius 2 is 1.96 bits per heavy atom. The third-order valence-electron chi connectivity index (χ3n) is 3.18. The summed E-state index contributed by atoms with van der Waals surface area (Å²) in [5, 5.41) is 25.7. The number of halogens is 1. The number of anilines is 2. The molecule has 0 bridgehead atoms. The molecule has 6 nitrogen and oxygen atoms in total. The van der Waals surface area contributed by atoms with E-state index in [9.17, 15) is 10.1 Å². The van der Waals surface area contributed by atoms with Gasteiger partial charge in [0.15, 0.2) is 0 Å². The van der Waals surface area contributed by atoms with Crippen molar-refractivity contribution in [2.75, 3.05) is 17.7 Å². The number of rotatable bonds is 6. The summed E-state index contributed by atoms with van der Waals surface area (Å²) in [6.07, 6.45) is 1.30. The lowest BCUT2D eigenvalue weighted by atomic mass is 10.2. The Balaban J connectivity index is 2.11. The summed E-state index contributed by atoms with van der Waals surface area (Å²) in [6.45, 7) is 0. The van der Waals surface area contributed by atoms with E-state index in [0.29, 0.717) is 22.1 Å². The quantitative estimate of drug-likeness (QED) is 0.332. The van der Waals surface area contributed by atoms with Crippen molar-refractivity contribution in [3.8, 4) is 17.2 Å². The molecule has 0 saturated heterocycles. The predicted octanol–water partition coefficient (Wildman–Crippen LogP) is 4.38. The van der Waals surface area contributed by atoms with Crippen LogP contribution in [0.5, 0.6) is 5.75 Å². The van der Waals surface area contributed by atoms with Gasteiger partial charge >= 0.3 is 0 Å². The van der Waals surface area contributed by atoms with Crippen molar-refractivity contribution < 1.29 is 9.53 Å². The summed E-state index contributed by atoms with van der Waals surface area (Å²) >= 11 is 6.97. The zero-order chi connectivity index (χ0) is 18.9. The summed E-state index contributed by atoms with van der Waals surface area (Å²) in [5.41, 5.74) is 0.916. The van der Waals surface area contributed by atoms with Crippen LogP contribution in [0, 0.1) is 22.0 Å². The first-order chi connectivity index (χ1) is 12.6. The number of ether oxygens (including phenoxy) is 1. The van der Waals surface area contributed by atoms with Crippen molar-refractivity contribution in [2.45, 2.75) is 4.90 Å². The maximum atomic E-state index is 12.3. The van der Waals surface area contributed by atoms with Gasteiger partial charge in [0.25, 0.3) is 5.91 Å². The topological polar surface area (TPSA) is 97.9 Å². The van der Waals surface area contributed by atoms with E-state index in [2.05, 4.69) is 10.6 Å². The van der Waals surface area contributed by atoms with Crippen molar-refractivity contribution in [1.29, 1.82) is 10.5 Å². The second kappa shape index (κ2) is 9.38. The number of hydrogen-bond donors (Lipinski definition) is 2. The molecule has 0 aliphatic rings. The van der Waals surface area contributed by atoms with Crippen LogP contribution in [0.15, 0.2) is 59.1 Å². The minimum Gasteiger partial charge on any atom is -0.495 e. The zero-order valence-corrected chi connectivity index (χ0v) is 15.2. The Labute approximate surface area is 160 Å². The summed E-state index contributed by atoms with van der Waals surface area (Å²) in [5.74, 6) is -0.171. The molecule has 26 heavy (non-hydrogen) atoms. The van der Waals surface area contributed by atoms with Gasteiger partial charge in [0.1, 0.15) is 22.8 Å². The maximum Gasteiger partial charge on any atom is 0.267 e. The molecular formula is C18H13ClN4O2S. The SMILES string of the molecule is COc1ccc(Cl)cc1NC(=O)/C(C#N)=C\Nc1ccc(SC#N)cc1. The summed E-state index contributed by atoms with van der Waals surface area (Å²) < 4.78 is 5.16. The Morgan fingerprint density at radius 1 is 1.23 bits per heavy atom. The van der Waals surface area contributed by atoms with Gasteiger partial charge in [-0.25, -0.2) is 0 Å². The Kier molecular flexibility index (Phi) is 6.92. The van der Waals surface area contributed by atoms with Crippen LogP contribution < -0.4 is 15.4 Å². The molecule has 0 fully saturated rings. The number of nitrogens with zero attached hydrogens (tertiary/aromatic N) is 2. The first-order valence-corrected chi connectivity index (χ1v) is 8.44. The molecule has 0 aromatic heterocycles. The number of methoxy groups -OCH3 is 1. The highest BCUT2D eigenvalue weighted by Gasteiger charge is 2.12. The number of amides is 1. The van der Waals surface area contributed by atoms with Crippen LogP contribution in [0.2, 0.25) is 5.02 Å². The molecule has 0 heterocycles. The lowest BCUT2D eigenvalue weighted by Gasteiger charge is -2.10. The third-order valence-corrected chi connectivity index (χ3v) is 4.01. The van der Waals surface area contributed by atoms with Crippen LogP contribution >= 0.6 is 23.4 Å². The van der Waals surface area contributed by atoms with Crippen LogP contribution in [0.1, 0.15) is 0 Å². The number of carbonyl (C=O) groups is 1. The van der Waals surface area contributed by atoms with E-state index in [-0.39, 0.29) is 5.57 Å². The molecule has 8 heteroatoms. The molecule has 2 aromatic carbocycles. The fourth-order valence-electron chi connectivity index (χ4n) is 1.94. The van der Waals surface area contributed by atoms with E-state index in [1.807, 2.05) is 11.5 Å². The first-order valence-electron chi connectivity index (χ1n) is 7.25. The highest BCUT2D eigenvalue weighted by atomic mass is 35.5. The monoisotopic (exact) mass is 384 g/mol. The minimum atomic E-state index is -0.600. The molecule has 2 rings (SSSR count). The molecule has 0 radical (unpaired) electrons. The number of thiocyanates is 1. The summed E-state index contributed by atoms with van der Waals surface area (Å²) in [6, 6.07) is 13.6. The molecular weight excluding hydrogens is 372 g/mol. The Morgan fingerprint density at radius 3 is 2.58 bits per heavy atom. The highest BCUT2D eigenvalue weighted by molar-refractivity contribution is 8.03. The maximum absolute atomic E-state index is 12.3. The predicted molar refractivity (Wildman–Crippen MR) is 102 cm³/mol. The summed E-state index contributed by atoms with van der Waals surface area (Å²) in [4.78, 5) is 13.1. The average Bonchev–Trinajstić information content (AvgIpc) is 2.64. The van der Waals surface area contributed by atoms with E-state index in [0.717, 1.165) is 16.7 Å². The number of nitriles is 2. The smallest absolute Gasteiger partial charge is 0.267 e. The molecule has 0 spiro atoms. The molecule has 0 unspecified atom stereocenters.